The highest BCUT2D eigenvalue weighted by atomic mass is 16.6. The summed E-state index contributed by atoms with van der Waals surface area (Å²) in [6, 6.07) is 0. The number of esters is 2. The molecular formula is C17H28O6. The second-order valence-corrected chi connectivity index (χ2v) is 5.03. The minimum atomic E-state index is -0.364. The molecule has 1 saturated heterocycles. The van der Waals surface area contributed by atoms with Crippen molar-refractivity contribution in [3.63, 3.8) is 0 Å². The number of hydrogen-bond donors (Lipinski definition) is 0. The highest BCUT2D eigenvalue weighted by Crippen LogP contribution is 2.08. The molecule has 23 heavy (non-hydrogen) atoms. The van der Waals surface area contributed by atoms with Gasteiger partial charge in [-0.3, -0.25) is 0 Å². The molecule has 0 saturated carbocycles. The highest BCUT2D eigenvalue weighted by molar-refractivity contribution is 5.86. The smallest absolute Gasteiger partial charge is 0.333 e. The minimum absolute atomic E-state index is 0.295. The predicted molar refractivity (Wildman–Crippen MR) is 87.0 cm³/mol. The fraction of sp³-hybridized carbons (Fsp3) is 0.647. The average Bonchev–Trinajstić information content (AvgIpc) is 3.36. The number of rotatable bonds is 11. The number of carbonyl (C=O) groups is 2. The van der Waals surface area contributed by atoms with Gasteiger partial charge in [-0.25, -0.2) is 9.59 Å². The molecule has 6 heteroatoms. The summed E-state index contributed by atoms with van der Waals surface area (Å²) >= 11 is 0. The first-order valence-corrected chi connectivity index (χ1v) is 7.82. The molecule has 0 aliphatic carbocycles. The Kier molecular flexibility index (Phi) is 13.0. The summed E-state index contributed by atoms with van der Waals surface area (Å²) in [5, 5.41) is 0. The van der Waals surface area contributed by atoms with Crippen LogP contribution in [0, 0.1) is 0 Å². The molecule has 0 aromatic carbocycles. The molecule has 1 aliphatic rings. The molecule has 6 nitrogen and oxygen atoms in total. The lowest BCUT2D eigenvalue weighted by Gasteiger charge is -2.02. The SMILES string of the molecule is C=C(C)C(=O)OCCC.C=CC(=O)OCCCCOCC1CO1. The molecule has 1 rings (SSSR count). The van der Waals surface area contributed by atoms with Crippen molar-refractivity contribution in [2.75, 3.05) is 33.0 Å². The summed E-state index contributed by atoms with van der Waals surface area (Å²) in [6.07, 6.45) is 4.08. The summed E-state index contributed by atoms with van der Waals surface area (Å²) in [7, 11) is 0. The Hall–Kier alpha value is -1.66. The van der Waals surface area contributed by atoms with E-state index in [4.69, 9.17) is 18.9 Å². The van der Waals surface area contributed by atoms with E-state index >= 15 is 0 Å². The molecule has 0 radical (unpaired) electrons. The van der Waals surface area contributed by atoms with E-state index in [-0.39, 0.29) is 11.9 Å². The molecule has 0 bridgehead atoms. The molecule has 1 unspecified atom stereocenters. The first-order chi connectivity index (χ1) is 11.0. The van der Waals surface area contributed by atoms with Crippen LogP contribution in [0.2, 0.25) is 0 Å². The maximum atomic E-state index is 10.6. The van der Waals surface area contributed by atoms with Crippen LogP contribution < -0.4 is 0 Å². The molecule has 132 valence electrons. The van der Waals surface area contributed by atoms with Crippen LogP contribution in [0.15, 0.2) is 24.8 Å². The van der Waals surface area contributed by atoms with Gasteiger partial charge in [-0.2, -0.15) is 0 Å². The average molecular weight is 328 g/mol. The third kappa shape index (κ3) is 15.0. The van der Waals surface area contributed by atoms with Gasteiger partial charge in [0.15, 0.2) is 0 Å². The van der Waals surface area contributed by atoms with Crippen molar-refractivity contribution in [2.45, 2.75) is 39.2 Å². The summed E-state index contributed by atoms with van der Waals surface area (Å²) in [6.45, 7) is 13.5. The van der Waals surface area contributed by atoms with Crippen molar-refractivity contribution in [3.8, 4) is 0 Å². The zero-order valence-corrected chi connectivity index (χ0v) is 14.2. The number of ether oxygens (including phenoxy) is 4. The number of carbonyl (C=O) groups excluding carboxylic acids is 2. The van der Waals surface area contributed by atoms with Crippen LogP contribution >= 0.6 is 0 Å². The van der Waals surface area contributed by atoms with Gasteiger partial charge in [0.25, 0.3) is 0 Å². The molecule has 0 aromatic heterocycles. The molecule has 1 fully saturated rings. The minimum Gasteiger partial charge on any atom is -0.463 e. The van der Waals surface area contributed by atoms with E-state index < -0.39 is 0 Å². The Balaban J connectivity index is 0.000000468. The zero-order valence-electron chi connectivity index (χ0n) is 14.2. The van der Waals surface area contributed by atoms with Crippen LogP contribution in [0.25, 0.3) is 0 Å². The Labute approximate surface area is 138 Å². The molecule has 0 N–H and O–H groups in total. The zero-order chi connectivity index (χ0) is 17.5. The van der Waals surface area contributed by atoms with Gasteiger partial charge in [-0.15, -0.1) is 0 Å². The van der Waals surface area contributed by atoms with Crippen molar-refractivity contribution in [2.24, 2.45) is 0 Å². The third-order valence-electron chi connectivity index (χ3n) is 2.59. The van der Waals surface area contributed by atoms with Gasteiger partial charge in [0.2, 0.25) is 0 Å². The van der Waals surface area contributed by atoms with Gasteiger partial charge in [0.05, 0.1) is 26.4 Å². The van der Waals surface area contributed by atoms with Gasteiger partial charge >= 0.3 is 11.9 Å². The lowest BCUT2D eigenvalue weighted by Crippen LogP contribution is -2.05. The monoisotopic (exact) mass is 328 g/mol. The Morgan fingerprint density at radius 1 is 1.22 bits per heavy atom. The number of epoxide rings is 1. The predicted octanol–water partition coefficient (Wildman–Crippen LogP) is 2.43. The summed E-state index contributed by atoms with van der Waals surface area (Å²) in [5.74, 6) is -0.658. The van der Waals surface area contributed by atoms with Crippen molar-refractivity contribution >= 4 is 11.9 Å². The van der Waals surface area contributed by atoms with E-state index in [1.807, 2.05) is 6.92 Å². The molecular weight excluding hydrogens is 300 g/mol. The molecule has 1 atom stereocenters. The van der Waals surface area contributed by atoms with Crippen LogP contribution in [0.3, 0.4) is 0 Å². The fourth-order valence-electron chi connectivity index (χ4n) is 1.23. The lowest BCUT2D eigenvalue weighted by molar-refractivity contribution is -0.139. The van der Waals surface area contributed by atoms with Gasteiger partial charge in [0, 0.05) is 18.3 Å². The largest absolute Gasteiger partial charge is 0.463 e. The van der Waals surface area contributed by atoms with Crippen molar-refractivity contribution < 1.29 is 28.5 Å². The third-order valence-corrected chi connectivity index (χ3v) is 2.59. The highest BCUT2D eigenvalue weighted by Gasteiger charge is 2.21. The Morgan fingerprint density at radius 2 is 1.87 bits per heavy atom. The van der Waals surface area contributed by atoms with E-state index in [9.17, 15) is 9.59 Å². The Bertz CT molecular complexity index is 373. The summed E-state index contributed by atoms with van der Waals surface area (Å²) < 4.78 is 19.8. The maximum Gasteiger partial charge on any atom is 0.333 e. The molecule has 0 spiro atoms. The van der Waals surface area contributed by atoms with Crippen LogP contribution in [0.4, 0.5) is 0 Å². The van der Waals surface area contributed by atoms with Gasteiger partial charge < -0.3 is 18.9 Å². The number of hydrogen-bond acceptors (Lipinski definition) is 6. The quantitative estimate of drug-likeness (QED) is 0.251. The van der Waals surface area contributed by atoms with Crippen LogP contribution in [-0.2, 0) is 28.5 Å². The molecule has 1 heterocycles. The van der Waals surface area contributed by atoms with E-state index in [1.54, 1.807) is 6.92 Å². The second kappa shape index (κ2) is 14.0. The topological polar surface area (TPSA) is 74.4 Å². The summed E-state index contributed by atoms with van der Waals surface area (Å²) in [5.41, 5.74) is 0.462. The summed E-state index contributed by atoms with van der Waals surface area (Å²) in [4.78, 5) is 21.2. The van der Waals surface area contributed by atoms with Crippen molar-refractivity contribution in [1.29, 1.82) is 0 Å². The lowest BCUT2D eigenvalue weighted by atomic mass is 10.3. The fourth-order valence-corrected chi connectivity index (χ4v) is 1.23. The van der Waals surface area contributed by atoms with E-state index in [1.165, 1.54) is 6.08 Å². The first kappa shape index (κ1) is 21.3. The van der Waals surface area contributed by atoms with Crippen LogP contribution in [-0.4, -0.2) is 51.1 Å². The molecule has 0 aromatic rings. The normalized spacial score (nSPS) is 15.0. The van der Waals surface area contributed by atoms with Gasteiger partial charge in [-0.05, 0) is 26.2 Å². The van der Waals surface area contributed by atoms with E-state index in [0.717, 1.165) is 25.9 Å². The molecule has 1 aliphatic heterocycles. The van der Waals surface area contributed by atoms with E-state index in [2.05, 4.69) is 13.2 Å². The van der Waals surface area contributed by atoms with Crippen LogP contribution in [0.5, 0.6) is 0 Å². The Morgan fingerprint density at radius 3 is 2.39 bits per heavy atom. The maximum absolute atomic E-state index is 10.6. The first-order valence-electron chi connectivity index (χ1n) is 7.82. The van der Waals surface area contributed by atoms with Gasteiger partial charge in [-0.1, -0.05) is 20.1 Å². The number of unbranched alkanes of at least 4 members (excludes halogenated alkanes) is 1. The van der Waals surface area contributed by atoms with Crippen molar-refractivity contribution in [3.05, 3.63) is 24.8 Å². The second-order valence-electron chi connectivity index (χ2n) is 5.03. The van der Waals surface area contributed by atoms with Crippen molar-refractivity contribution in [1.82, 2.24) is 0 Å². The van der Waals surface area contributed by atoms with Crippen LogP contribution in [0.1, 0.15) is 33.1 Å². The standard InChI is InChI=1S/C10H16O4.C7H12O2/c1-2-10(11)13-6-4-3-5-12-7-9-8-14-9;1-4-5-9-7(8)6(2)3/h2,9H,1,3-8H2;2,4-5H2,1,3H3. The van der Waals surface area contributed by atoms with E-state index in [0.29, 0.717) is 38.1 Å². The van der Waals surface area contributed by atoms with Gasteiger partial charge in [0.1, 0.15) is 6.10 Å². The molecule has 0 amide bonds.